The Bertz CT molecular complexity index is 1910. The molecule has 2 heterocycles. The maximum Gasteiger partial charge on any atom is 0.322 e. The number of nitrogens with two attached hydrogens (primary N) is 1. The van der Waals surface area contributed by atoms with Gasteiger partial charge in [0.1, 0.15) is 30.7 Å². The quantitative estimate of drug-likeness (QED) is 0.0889. The summed E-state index contributed by atoms with van der Waals surface area (Å²) in [6.45, 7) is 1.10. The van der Waals surface area contributed by atoms with Crippen LogP contribution in [0.5, 0.6) is 0 Å². The highest BCUT2D eigenvalue weighted by molar-refractivity contribution is 5.97. The third-order valence-electron chi connectivity index (χ3n) is 9.21. The first kappa shape index (κ1) is 38.2. The average Bonchev–Trinajstić information content (AvgIpc) is 3.81. The van der Waals surface area contributed by atoms with E-state index in [0.717, 1.165) is 27.6 Å². The number of amides is 5. The largest absolute Gasteiger partial charge is 0.480 e. The first-order valence-corrected chi connectivity index (χ1v) is 17.6. The van der Waals surface area contributed by atoms with Crippen LogP contribution in [0.3, 0.4) is 0 Å². The number of aromatic amines is 1. The smallest absolute Gasteiger partial charge is 0.322 e. The van der Waals surface area contributed by atoms with E-state index in [4.69, 9.17) is 5.73 Å². The first-order valence-electron chi connectivity index (χ1n) is 17.6. The van der Waals surface area contributed by atoms with Crippen LogP contribution in [0.2, 0.25) is 0 Å². The molecule has 5 amide bonds. The Kier molecular flexibility index (Phi) is 12.9. The predicted octanol–water partition coefficient (Wildman–Crippen LogP) is 1.19. The lowest BCUT2D eigenvalue weighted by atomic mass is 10.0. The van der Waals surface area contributed by atoms with Gasteiger partial charge in [-0.15, -0.1) is 0 Å². The molecule has 8 N–H and O–H groups in total. The molecule has 1 saturated heterocycles. The summed E-state index contributed by atoms with van der Waals surface area (Å²) in [5, 5.41) is 20.7. The minimum absolute atomic E-state index is 0.0600. The topological polar surface area (TPSA) is 216 Å². The molecule has 0 radical (unpaired) electrons. The van der Waals surface area contributed by atoms with Gasteiger partial charge in [-0.25, -0.2) is 0 Å². The monoisotopic (exact) mass is 723 g/mol. The molecule has 5 rings (SSSR count). The maximum atomic E-state index is 14.4. The highest BCUT2D eigenvalue weighted by atomic mass is 16.4. The second-order valence-electron chi connectivity index (χ2n) is 13.2. The van der Waals surface area contributed by atoms with Crippen LogP contribution < -0.4 is 27.0 Å². The zero-order chi connectivity index (χ0) is 37.9. The molecule has 3 aromatic carbocycles. The van der Waals surface area contributed by atoms with Gasteiger partial charge in [0.15, 0.2) is 0 Å². The second kappa shape index (κ2) is 18.0. The van der Waals surface area contributed by atoms with Gasteiger partial charge in [-0.2, -0.15) is 0 Å². The fraction of sp³-hybridized carbons (Fsp3) is 0.333. The number of hydrogen-bond acceptors (Lipinski definition) is 7. The number of fused-ring (bicyclic) bond motifs is 1. The number of carbonyl (C=O) groups is 6. The number of aromatic nitrogens is 1. The summed E-state index contributed by atoms with van der Waals surface area (Å²) in [5.74, 6) is -4.13. The third-order valence-corrected chi connectivity index (χ3v) is 9.21. The second-order valence-corrected chi connectivity index (χ2v) is 13.2. The molecule has 0 spiro atoms. The van der Waals surface area contributed by atoms with E-state index in [0.29, 0.717) is 12.8 Å². The number of benzene rings is 3. The lowest BCUT2D eigenvalue weighted by Gasteiger charge is -2.31. The molecule has 14 heteroatoms. The number of H-pyrrole nitrogens is 1. The van der Waals surface area contributed by atoms with E-state index in [-0.39, 0.29) is 25.8 Å². The number of nitrogens with one attached hydrogen (secondary N) is 5. The number of likely N-dealkylation sites (tertiary alicyclic amines) is 1. The van der Waals surface area contributed by atoms with Crippen molar-refractivity contribution in [2.75, 3.05) is 13.1 Å². The third kappa shape index (κ3) is 10.3. The zero-order valence-electron chi connectivity index (χ0n) is 29.4. The van der Waals surface area contributed by atoms with E-state index in [1.165, 1.54) is 11.8 Å². The summed E-state index contributed by atoms with van der Waals surface area (Å²) in [6, 6.07) is 20.6. The molecular weight excluding hydrogens is 678 g/mol. The van der Waals surface area contributed by atoms with Crippen molar-refractivity contribution < 1.29 is 33.9 Å². The number of aliphatic carboxylic acids is 1. The summed E-state index contributed by atoms with van der Waals surface area (Å²) in [4.78, 5) is 84.0. The molecule has 1 aliphatic heterocycles. The Morgan fingerprint density at radius 1 is 0.774 bits per heavy atom. The maximum absolute atomic E-state index is 14.4. The summed E-state index contributed by atoms with van der Waals surface area (Å²) in [5.41, 5.74) is 8.93. The molecule has 1 fully saturated rings. The normalized spacial score (nSPS) is 16.2. The standard InChI is InChI=1S/C39H45N7O7/c1-24(40)35(49)43-30(19-25-11-4-2-5-12-25)37(51)45-32(20-26-13-6-3-7-14-26)39(53)46-18-10-17-33(46)38(52)44-31(36(50)42-23-34(47)48)21-27-22-41-29-16-9-8-15-28(27)29/h2-9,11-16,22,24,30-33,41H,10,17-21,23,40H2,1H3,(H,42,50)(H,43,49)(H,44,52)(H,45,51)(H,47,48)/t24-,30-,31-,32-,33-/m0/s1. The number of para-hydroxylation sites is 1. The Hall–Kier alpha value is -6.02. The Balaban J connectivity index is 1.37. The Morgan fingerprint density at radius 3 is 2.00 bits per heavy atom. The summed E-state index contributed by atoms with van der Waals surface area (Å²) < 4.78 is 0. The van der Waals surface area contributed by atoms with Crippen molar-refractivity contribution in [1.82, 2.24) is 31.2 Å². The highest BCUT2D eigenvalue weighted by Crippen LogP contribution is 2.22. The molecule has 1 aromatic heterocycles. The van der Waals surface area contributed by atoms with Gasteiger partial charge in [-0.1, -0.05) is 78.9 Å². The molecule has 0 saturated carbocycles. The number of carboxylic acids is 1. The van der Waals surface area contributed by atoms with Gasteiger partial charge in [-0.3, -0.25) is 28.8 Å². The molecular formula is C39H45N7O7. The molecule has 0 bridgehead atoms. The lowest BCUT2D eigenvalue weighted by molar-refractivity contribution is -0.142. The van der Waals surface area contributed by atoms with Gasteiger partial charge >= 0.3 is 5.97 Å². The van der Waals surface area contributed by atoms with Crippen LogP contribution in [0, 0.1) is 0 Å². The van der Waals surface area contributed by atoms with Crippen LogP contribution in [0.4, 0.5) is 0 Å². The van der Waals surface area contributed by atoms with Crippen LogP contribution >= 0.6 is 0 Å². The number of carbonyl (C=O) groups excluding carboxylic acids is 5. The van der Waals surface area contributed by atoms with Crippen LogP contribution in [0.25, 0.3) is 10.9 Å². The van der Waals surface area contributed by atoms with E-state index >= 15 is 0 Å². The molecule has 5 atom stereocenters. The van der Waals surface area contributed by atoms with Crippen molar-refractivity contribution in [2.45, 2.75) is 69.2 Å². The predicted molar refractivity (Wildman–Crippen MR) is 197 cm³/mol. The SMILES string of the molecule is C[C@H](N)C(=O)N[C@@H](Cc1ccccc1)C(=O)N[C@@H](Cc1ccccc1)C(=O)N1CCC[C@H]1C(=O)N[C@@H](Cc1c[nH]c2ccccc12)C(=O)NCC(=O)O. The molecule has 53 heavy (non-hydrogen) atoms. The van der Waals surface area contributed by atoms with Crippen molar-refractivity contribution >= 4 is 46.4 Å². The first-order chi connectivity index (χ1) is 25.5. The fourth-order valence-corrected chi connectivity index (χ4v) is 6.47. The molecule has 278 valence electrons. The molecule has 4 aromatic rings. The molecule has 0 unspecified atom stereocenters. The Labute approximate surface area is 306 Å². The number of nitrogens with zero attached hydrogens (tertiary/aromatic N) is 1. The Morgan fingerprint density at radius 2 is 1.36 bits per heavy atom. The van der Waals surface area contributed by atoms with E-state index in [9.17, 15) is 33.9 Å². The van der Waals surface area contributed by atoms with Gasteiger partial charge in [0.05, 0.1) is 6.04 Å². The van der Waals surface area contributed by atoms with E-state index in [1.807, 2.05) is 84.9 Å². The van der Waals surface area contributed by atoms with Crippen LogP contribution in [-0.2, 0) is 48.0 Å². The van der Waals surface area contributed by atoms with Crippen molar-refractivity contribution in [3.8, 4) is 0 Å². The van der Waals surface area contributed by atoms with Crippen molar-refractivity contribution in [3.05, 3.63) is 108 Å². The minimum Gasteiger partial charge on any atom is -0.480 e. The van der Waals surface area contributed by atoms with Crippen molar-refractivity contribution in [1.29, 1.82) is 0 Å². The minimum atomic E-state index is -1.24. The van der Waals surface area contributed by atoms with Crippen LogP contribution in [-0.4, -0.2) is 93.8 Å². The molecule has 1 aliphatic rings. The van der Waals surface area contributed by atoms with Crippen LogP contribution in [0.15, 0.2) is 91.1 Å². The summed E-state index contributed by atoms with van der Waals surface area (Å²) in [6.07, 6.45) is 2.85. The lowest BCUT2D eigenvalue weighted by Crippen LogP contribution is -2.59. The fourth-order valence-electron chi connectivity index (χ4n) is 6.47. The van der Waals surface area contributed by atoms with E-state index in [2.05, 4.69) is 26.3 Å². The van der Waals surface area contributed by atoms with E-state index < -0.39 is 72.3 Å². The van der Waals surface area contributed by atoms with E-state index in [1.54, 1.807) is 6.20 Å². The molecule has 0 aliphatic carbocycles. The molecule has 14 nitrogen and oxygen atoms in total. The average molecular weight is 724 g/mol. The van der Waals surface area contributed by atoms with Gasteiger partial charge in [-0.05, 0) is 42.5 Å². The number of rotatable bonds is 16. The van der Waals surface area contributed by atoms with Gasteiger partial charge in [0.2, 0.25) is 29.5 Å². The van der Waals surface area contributed by atoms with Gasteiger partial charge in [0.25, 0.3) is 0 Å². The zero-order valence-corrected chi connectivity index (χ0v) is 29.4. The van der Waals surface area contributed by atoms with Gasteiger partial charge < -0.3 is 42.0 Å². The van der Waals surface area contributed by atoms with Crippen molar-refractivity contribution in [3.63, 3.8) is 0 Å². The number of carboxylic acid groups (broad SMARTS) is 1. The summed E-state index contributed by atoms with van der Waals surface area (Å²) in [7, 11) is 0. The highest BCUT2D eigenvalue weighted by Gasteiger charge is 2.40. The van der Waals surface area contributed by atoms with Crippen LogP contribution in [0.1, 0.15) is 36.5 Å². The van der Waals surface area contributed by atoms with Crippen molar-refractivity contribution in [2.24, 2.45) is 5.73 Å². The van der Waals surface area contributed by atoms with Gasteiger partial charge in [0, 0.05) is 42.9 Å². The summed E-state index contributed by atoms with van der Waals surface area (Å²) >= 11 is 0. The number of hydrogen-bond donors (Lipinski definition) is 7.